The van der Waals surface area contributed by atoms with Crippen LogP contribution in [0.4, 0.5) is 0 Å². The number of rotatable bonds is 3. The fraction of sp³-hybridized carbons (Fsp3) is 0.333. The molecule has 0 fully saturated rings. The Labute approximate surface area is 70.9 Å². The van der Waals surface area contributed by atoms with E-state index in [0.717, 1.165) is 6.26 Å². The highest BCUT2D eigenvalue weighted by Crippen LogP contribution is 1.90. The van der Waals surface area contributed by atoms with E-state index >= 15 is 0 Å². The van der Waals surface area contributed by atoms with Gasteiger partial charge in [-0.1, -0.05) is 0 Å². The molecule has 1 N–H and O–H groups in total. The molecule has 0 amide bonds. The van der Waals surface area contributed by atoms with Crippen LogP contribution in [0, 0.1) is 0 Å². The second kappa shape index (κ2) is 3.59. The summed E-state index contributed by atoms with van der Waals surface area (Å²) in [4.78, 5) is 0. The summed E-state index contributed by atoms with van der Waals surface area (Å²) in [5.41, 5.74) is 0.600. The molecule has 0 aliphatic rings. The average Bonchev–Trinajstić information content (AvgIpc) is 2.02. The second-order valence-corrected chi connectivity index (χ2v) is 4.14. The molecule has 0 bridgehead atoms. The lowest BCUT2D eigenvalue weighted by atomic mass is 10.4. The van der Waals surface area contributed by atoms with E-state index in [9.17, 15) is 8.42 Å². The fourth-order valence-electron chi connectivity index (χ4n) is 0.633. The minimum absolute atomic E-state index is 0.187. The van der Waals surface area contributed by atoms with Gasteiger partial charge in [-0.3, -0.25) is 0 Å². The van der Waals surface area contributed by atoms with Crippen LogP contribution in [0.25, 0.3) is 0 Å². The van der Waals surface area contributed by atoms with E-state index in [0.29, 0.717) is 5.69 Å². The Morgan fingerprint density at radius 3 is 2.83 bits per heavy atom. The molecule has 0 aromatic carbocycles. The van der Waals surface area contributed by atoms with Gasteiger partial charge < -0.3 is 0 Å². The molecule has 0 aliphatic heterocycles. The molecule has 0 saturated carbocycles. The van der Waals surface area contributed by atoms with E-state index in [1.54, 1.807) is 12.1 Å². The van der Waals surface area contributed by atoms with Gasteiger partial charge in [-0.15, -0.1) is 0 Å². The van der Waals surface area contributed by atoms with E-state index < -0.39 is 10.0 Å². The van der Waals surface area contributed by atoms with Crippen LogP contribution in [-0.2, 0) is 16.6 Å². The first kappa shape index (κ1) is 9.08. The number of hydrogen-bond acceptors (Lipinski definition) is 4. The normalized spacial score (nSPS) is 11.4. The highest BCUT2D eigenvalue weighted by molar-refractivity contribution is 7.88. The molecule has 66 valence electrons. The van der Waals surface area contributed by atoms with Gasteiger partial charge in [-0.2, -0.15) is 10.2 Å². The summed E-state index contributed by atoms with van der Waals surface area (Å²) in [5.74, 6) is 0. The van der Waals surface area contributed by atoms with Crippen molar-refractivity contribution in [2.45, 2.75) is 6.54 Å². The maximum Gasteiger partial charge on any atom is 0.209 e. The molecule has 12 heavy (non-hydrogen) atoms. The van der Waals surface area contributed by atoms with E-state index in [2.05, 4.69) is 14.9 Å². The first-order valence-corrected chi connectivity index (χ1v) is 5.18. The summed E-state index contributed by atoms with van der Waals surface area (Å²) >= 11 is 0. The minimum atomic E-state index is -3.14. The molecule has 0 saturated heterocycles. The van der Waals surface area contributed by atoms with Crippen molar-refractivity contribution < 1.29 is 8.42 Å². The van der Waals surface area contributed by atoms with Gasteiger partial charge >= 0.3 is 0 Å². The fourth-order valence-corrected chi connectivity index (χ4v) is 1.04. The zero-order valence-electron chi connectivity index (χ0n) is 6.56. The van der Waals surface area contributed by atoms with Gasteiger partial charge in [-0.05, 0) is 12.1 Å². The highest BCUT2D eigenvalue weighted by atomic mass is 32.2. The van der Waals surface area contributed by atoms with Crippen molar-refractivity contribution >= 4 is 10.0 Å². The van der Waals surface area contributed by atoms with Gasteiger partial charge in [0.25, 0.3) is 0 Å². The van der Waals surface area contributed by atoms with Gasteiger partial charge in [0, 0.05) is 6.20 Å². The van der Waals surface area contributed by atoms with Crippen LogP contribution in [0.3, 0.4) is 0 Å². The number of aromatic nitrogens is 2. The first-order valence-electron chi connectivity index (χ1n) is 3.29. The van der Waals surface area contributed by atoms with Crippen molar-refractivity contribution in [3.05, 3.63) is 24.0 Å². The third-order valence-corrected chi connectivity index (χ3v) is 1.81. The van der Waals surface area contributed by atoms with Crippen molar-refractivity contribution in [1.82, 2.24) is 14.9 Å². The molecular formula is C6H9N3O2S. The number of nitrogens with one attached hydrogen (secondary N) is 1. The highest BCUT2D eigenvalue weighted by Gasteiger charge is 2.00. The standard InChI is InChI=1S/C6H9N3O2S/c1-12(10,11)8-5-6-3-2-4-7-9-6/h2-4,8H,5H2,1H3. The Morgan fingerprint density at radius 1 is 1.58 bits per heavy atom. The summed E-state index contributed by atoms with van der Waals surface area (Å²) in [7, 11) is -3.14. The van der Waals surface area contributed by atoms with Crippen LogP contribution in [0.1, 0.15) is 5.69 Å². The Bertz CT molecular complexity index is 335. The van der Waals surface area contributed by atoms with Crippen LogP contribution in [0.15, 0.2) is 18.3 Å². The third kappa shape index (κ3) is 3.40. The maximum absolute atomic E-state index is 10.6. The molecule has 1 aromatic rings. The first-order chi connectivity index (χ1) is 5.58. The van der Waals surface area contributed by atoms with Crippen molar-refractivity contribution in [2.75, 3.05) is 6.26 Å². The van der Waals surface area contributed by atoms with Gasteiger partial charge in [0.2, 0.25) is 10.0 Å². The smallest absolute Gasteiger partial charge is 0.209 e. The number of nitrogens with zero attached hydrogens (tertiary/aromatic N) is 2. The monoisotopic (exact) mass is 187 g/mol. The van der Waals surface area contributed by atoms with Crippen LogP contribution in [-0.4, -0.2) is 24.9 Å². The number of hydrogen-bond donors (Lipinski definition) is 1. The van der Waals surface area contributed by atoms with Crippen molar-refractivity contribution in [1.29, 1.82) is 0 Å². The molecule has 1 heterocycles. The SMILES string of the molecule is CS(=O)(=O)NCc1cccnn1. The minimum Gasteiger partial charge on any atom is -0.213 e. The van der Waals surface area contributed by atoms with E-state index in [1.807, 2.05) is 0 Å². The van der Waals surface area contributed by atoms with Gasteiger partial charge in [-0.25, -0.2) is 13.1 Å². The summed E-state index contributed by atoms with van der Waals surface area (Å²) in [5, 5.41) is 7.31. The lowest BCUT2D eigenvalue weighted by Gasteiger charge is -1.99. The molecule has 5 nitrogen and oxygen atoms in total. The summed E-state index contributed by atoms with van der Waals surface area (Å²) in [6.45, 7) is 0.187. The van der Waals surface area contributed by atoms with Gasteiger partial charge in [0.05, 0.1) is 18.5 Å². The molecule has 0 aliphatic carbocycles. The zero-order valence-corrected chi connectivity index (χ0v) is 7.37. The zero-order chi connectivity index (χ0) is 9.03. The van der Waals surface area contributed by atoms with Crippen LogP contribution < -0.4 is 4.72 Å². The molecule has 0 radical (unpaired) electrons. The van der Waals surface area contributed by atoms with Crippen LogP contribution in [0.2, 0.25) is 0 Å². The molecule has 0 atom stereocenters. The van der Waals surface area contributed by atoms with E-state index in [-0.39, 0.29) is 6.54 Å². The Kier molecular flexibility index (Phi) is 2.72. The van der Waals surface area contributed by atoms with Gasteiger partial charge in [0.15, 0.2) is 0 Å². The predicted molar refractivity (Wildman–Crippen MR) is 43.7 cm³/mol. The molecular weight excluding hydrogens is 178 g/mol. The maximum atomic E-state index is 10.6. The van der Waals surface area contributed by atoms with Crippen LogP contribution in [0.5, 0.6) is 0 Å². The third-order valence-electron chi connectivity index (χ3n) is 1.14. The molecule has 1 aromatic heterocycles. The lowest BCUT2D eigenvalue weighted by molar-refractivity contribution is 0.586. The molecule has 1 rings (SSSR count). The van der Waals surface area contributed by atoms with Crippen LogP contribution >= 0.6 is 0 Å². The van der Waals surface area contributed by atoms with Gasteiger partial charge in [0.1, 0.15) is 0 Å². The Balaban J connectivity index is 2.56. The summed E-state index contributed by atoms with van der Waals surface area (Å²) in [6, 6.07) is 3.40. The quantitative estimate of drug-likeness (QED) is 0.694. The summed E-state index contributed by atoms with van der Waals surface area (Å²) in [6.07, 6.45) is 2.63. The van der Waals surface area contributed by atoms with E-state index in [1.165, 1.54) is 6.20 Å². The van der Waals surface area contributed by atoms with E-state index in [4.69, 9.17) is 0 Å². The average molecular weight is 187 g/mol. The second-order valence-electron chi connectivity index (χ2n) is 2.31. The molecule has 0 unspecified atom stereocenters. The van der Waals surface area contributed by atoms with Crippen molar-refractivity contribution in [3.8, 4) is 0 Å². The Hall–Kier alpha value is -1.01. The summed E-state index contributed by atoms with van der Waals surface area (Å²) < 4.78 is 23.6. The number of sulfonamides is 1. The molecule has 6 heteroatoms. The predicted octanol–water partition coefficient (Wildman–Crippen LogP) is -0.474. The largest absolute Gasteiger partial charge is 0.213 e. The Morgan fingerprint density at radius 2 is 2.33 bits per heavy atom. The molecule has 0 spiro atoms. The van der Waals surface area contributed by atoms with Crippen molar-refractivity contribution in [2.24, 2.45) is 0 Å². The van der Waals surface area contributed by atoms with Crippen molar-refractivity contribution in [3.63, 3.8) is 0 Å². The lowest BCUT2D eigenvalue weighted by Crippen LogP contribution is -2.21. The topological polar surface area (TPSA) is 72.0 Å².